The predicted molar refractivity (Wildman–Crippen MR) is 79.3 cm³/mol. The van der Waals surface area contributed by atoms with Crippen molar-refractivity contribution in [1.29, 1.82) is 0 Å². The topological polar surface area (TPSA) is 94.1 Å². The third-order valence-corrected chi connectivity index (χ3v) is 2.89. The molecule has 1 atom stereocenters. The van der Waals surface area contributed by atoms with Gasteiger partial charge in [-0.1, -0.05) is 6.07 Å². The zero-order chi connectivity index (χ0) is 16.5. The third-order valence-electron chi connectivity index (χ3n) is 2.89. The van der Waals surface area contributed by atoms with E-state index in [0.717, 1.165) is 5.56 Å². The first-order chi connectivity index (χ1) is 10.5. The van der Waals surface area contributed by atoms with Crippen LogP contribution >= 0.6 is 0 Å². The molecule has 1 aromatic carbocycles. The summed E-state index contributed by atoms with van der Waals surface area (Å²) < 4.78 is 15.6. The first-order valence-corrected chi connectivity index (χ1v) is 6.76. The summed E-state index contributed by atoms with van der Waals surface area (Å²) in [5, 5.41) is 11.5. The molecule has 2 N–H and O–H groups in total. The highest BCUT2D eigenvalue weighted by molar-refractivity contribution is 5.82. The Morgan fingerprint density at radius 2 is 1.95 bits per heavy atom. The minimum atomic E-state index is -1.09. The molecule has 0 radical (unpaired) electrons. The number of hydrogen-bond acceptors (Lipinski definition) is 5. The zero-order valence-corrected chi connectivity index (χ0v) is 12.9. The first kappa shape index (κ1) is 17.8. The molecule has 1 aromatic rings. The number of hydrogen-bond donors (Lipinski definition) is 2. The average Bonchev–Trinajstić information content (AvgIpc) is 2.47. The summed E-state index contributed by atoms with van der Waals surface area (Å²) in [5.41, 5.74) is 0.720. The van der Waals surface area contributed by atoms with E-state index in [9.17, 15) is 9.59 Å². The molecule has 0 aliphatic heterocycles. The van der Waals surface area contributed by atoms with Gasteiger partial charge in [0.25, 0.3) is 0 Å². The Bertz CT molecular complexity index is 517. The minimum absolute atomic E-state index is 0.156. The molecule has 0 fully saturated rings. The van der Waals surface area contributed by atoms with Gasteiger partial charge in [0.1, 0.15) is 12.6 Å². The van der Waals surface area contributed by atoms with Gasteiger partial charge in [-0.25, -0.2) is 4.79 Å². The normalized spacial score (nSPS) is 11.6. The van der Waals surface area contributed by atoms with E-state index in [0.29, 0.717) is 24.7 Å². The number of amides is 1. The number of aliphatic carboxylic acids is 1. The van der Waals surface area contributed by atoms with Gasteiger partial charge in [-0.2, -0.15) is 0 Å². The Kier molecular flexibility index (Phi) is 7.18. The van der Waals surface area contributed by atoms with E-state index in [1.54, 1.807) is 25.3 Å². The molecule has 7 heteroatoms. The molecule has 22 heavy (non-hydrogen) atoms. The lowest BCUT2D eigenvalue weighted by Crippen LogP contribution is -2.41. The van der Waals surface area contributed by atoms with Crippen LogP contribution in [-0.4, -0.2) is 50.5 Å². The van der Waals surface area contributed by atoms with Crippen LogP contribution in [0.5, 0.6) is 11.5 Å². The van der Waals surface area contributed by atoms with Crippen molar-refractivity contribution in [2.24, 2.45) is 0 Å². The van der Waals surface area contributed by atoms with Gasteiger partial charge in [0.05, 0.1) is 13.7 Å². The predicted octanol–water partition coefficient (Wildman–Crippen LogP) is 0.852. The smallest absolute Gasteiger partial charge is 0.326 e. The van der Waals surface area contributed by atoms with Crippen LogP contribution < -0.4 is 14.8 Å². The van der Waals surface area contributed by atoms with E-state index >= 15 is 0 Å². The fourth-order valence-corrected chi connectivity index (χ4v) is 1.87. The lowest BCUT2D eigenvalue weighted by molar-refractivity contribution is -0.141. The van der Waals surface area contributed by atoms with Crippen LogP contribution in [-0.2, 0) is 20.7 Å². The highest BCUT2D eigenvalue weighted by Crippen LogP contribution is 2.28. The summed E-state index contributed by atoms with van der Waals surface area (Å²) >= 11 is 0. The zero-order valence-electron chi connectivity index (χ0n) is 12.9. The van der Waals surface area contributed by atoms with E-state index in [1.165, 1.54) is 14.0 Å². The summed E-state index contributed by atoms with van der Waals surface area (Å²) in [6.07, 6.45) is 0.156. The van der Waals surface area contributed by atoms with Gasteiger partial charge < -0.3 is 24.6 Å². The third kappa shape index (κ3) is 5.61. The van der Waals surface area contributed by atoms with Gasteiger partial charge in [0, 0.05) is 20.5 Å². The summed E-state index contributed by atoms with van der Waals surface area (Å²) in [6.45, 7) is 2.12. The number of carbonyl (C=O) groups is 2. The molecule has 0 saturated heterocycles. The second-order valence-corrected chi connectivity index (χ2v) is 4.62. The highest BCUT2D eigenvalue weighted by Gasteiger charge is 2.19. The largest absolute Gasteiger partial charge is 0.493 e. The molecule has 0 spiro atoms. The van der Waals surface area contributed by atoms with Crippen molar-refractivity contribution in [3.05, 3.63) is 23.8 Å². The minimum Gasteiger partial charge on any atom is -0.493 e. The summed E-state index contributed by atoms with van der Waals surface area (Å²) in [4.78, 5) is 22.2. The number of carboxylic acid groups (broad SMARTS) is 1. The Morgan fingerprint density at radius 1 is 1.23 bits per heavy atom. The Labute approximate surface area is 129 Å². The molecule has 1 rings (SSSR count). The number of carbonyl (C=O) groups excluding carboxylic acids is 1. The second-order valence-electron chi connectivity index (χ2n) is 4.62. The molecule has 7 nitrogen and oxygen atoms in total. The number of rotatable bonds is 9. The van der Waals surface area contributed by atoms with E-state index in [4.69, 9.17) is 19.3 Å². The fraction of sp³-hybridized carbons (Fsp3) is 0.467. The van der Waals surface area contributed by atoms with Crippen molar-refractivity contribution in [3.8, 4) is 11.5 Å². The van der Waals surface area contributed by atoms with E-state index in [1.807, 2.05) is 0 Å². The lowest BCUT2D eigenvalue weighted by atomic mass is 10.1. The van der Waals surface area contributed by atoms with Crippen molar-refractivity contribution < 1.29 is 28.9 Å². The van der Waals surface area contributed by atoms with Crippen molar-refractivity contribution in [3.63, 3.8) is 0 Å². The summed E-state index contributed by atoms with van der Waals surface area (Å²) in [5.74, 6) is -0.427. The van der Waals surface area contributed by atoms with Crippen molar-refractivity contribution in [1.82, 2.24) is 5.32 Å². The Morgan fingerprint density at radius 3 is 2.50 bits per heavy atom. The summed E-state index contributed by atoms with van der Waals surface area (Å²) in [6, 6.07) is 4.15. The van der Waals surface area contributed by atoms with Gasteiger partial charge in [-0.3, -0.25) is 4.79 Å². The van der Waals surface area contributed by atoms with Gasteiger partial charge in [0.2, 0.25) is 5.91 Å². The molecule has 0 heterocycles. The molecular formula is C15H21NO6. The van der Waals surface area contributed by atoms with Crippen LogP contribution in [0.1, 0.15) is 12.5 Å². The van der Waals surface area contributed by atoms with Gasteiger partial charge in [-0.15, -0.1) is 0 Å². The highest BCUT2D eigenvalue weighted by atomic mass is 16.5. The van der Waals surface area contributed by atoms with Crippen LogP contribution in [0.4, 0.5) is 0 Å². The number of methoxy groups -OCH3 is 2. The maximum atomic E-state index is 11.2. The van der Waals surface area contributed by atoms with Gasteiger partial charge in [-0.05, 0) is 17.7 Å². The van der Waals surface area contributed by atoms with Crippen LogP contribution in [0, 0.1) is 0 Å². The van der Waals surface area contributed by atoms with Crippen LogP contribution in [0.25, 0.3) is 0 Å². The van der Waals surface area contributed by atoms with E-state index in [2.05, 4.69) is 5.32 Å². The summed E-state index contributed by atoms with van der Waals surface area (Å²) in [7, 11) is 3.09. The molecule has 0 aromatic heterocycles. The van der Waals surface area contributed by atoms with Crippen LogP contribution in [0.3, 0.4) is 0 Å². The van der Waals surface area contributed by atoms with Crippen LogP contribution in [0.15, 0.2) is 18.2 Å². The number of nitrogens with one attached hydrogen (secondary N) is 1. The molecule has 1 unspecified atom stereocenters. The van der Waals surface area contributed by atoms with E-state index < -0.39 is 12.0 Å². The monoisotopic (exact) mass is 311 g/mol. The van der Waals surface area contributed by atoms with Crippen LogP contribution in [0.2, 0.25) is 0 Å². The maximum Gasteiger partial charge on any atom is 0.326 e. The quantitative estimate of drug-likeness (QED) is 0.657. The second kappa shape index (κ2) is 8.89. The SMILES string of the molecule is COCCOc1ccc(CC(NC(C)=O)C(=O)O)cc1OC. The first-order valence-electron chi connectivity index (χ1n) is 6.76. The molecule has 0 bridgehead atoms. The lowest BCUT2D eigenvalue weighted by Gasteiger charge is -2.15. The average molecular weight is 311 g/mol. The number of carboxylic acids is 1. The standard InChI is InChI=1S/C15H21NO6/c1-10(17)16-12(15(18)19)8-11-4-5-13(14(9-11)21-3)22-7-6-20-2/h4-5,9,12H,6-8H2,1-3H3,(H,16,17)(H,18,19). The number of benzene rings is 1. The van der Waals surface area contributed by atoms with Crippen molar-refractivity contribution in [2.45, 2.75) is 19.4 Å². The fourth-order valence-electron chi connectivity index (χ4n) is 1.87. The Hall–Kier alpha value is -2.28. The molecule has 122 valence electrons. The van der Waals surface area contributed by atoms with Gasteiger partial charge >= 0.3 is 5.97 Å². The van der Waals surface area contributed by atoms with Crippen molar-refractivity contribution >= 4 is 11.9 Å². The Balaban J connectivity index is 2.82. The molecule has 1 amide bonds. The molecule has 0 aliphatic rings. The maximum absolute atomic E-state index is 11.2. The molecule has 0 aliphatic carbocycles. The van der Waals surface area contributed by atoms with E-state index in [-0.39, 0.29) is 12.3 Å². The van der Waals surface area contributed by atoms with Gasteiger partial charge in [0.15, 0.2) is 11.5 Å². The molecule has 0 saturated carbocycles. The number of ether oxygens (including phenoxy) is 3. The molecular weight excluding hydrogens is 290 g/mol. The van der Waals surface area contributed by atoms with Crippen molar-refractivity contribution in [2.75, 3.05) is 27.4 Å².